The molecule has 6 nitrogen and oxygen atoms in total. The summed E-state index contributed by atoms with van der Waals surface area (Å²) in [5.74, 6) is 1.94. The maximum absolute atomic E-state index is 5.47. The first-order chi connectivity index (χ1) is 10.3. The standard InChI is InChI=1S/C15H20N4O2/c1-20-10-12-3-4-14(21-2)13(7-12)8-18-5-6-19-11-16-17-15(19)9-18/h3-4,7,11H,5-6,8-10H2,1-2H3. The molecule has 0 spiro atoms. The lowest BCUT2D eigenvalue weighted by Gasteiger charge is -2.27. The smallest absolute Gasteiger partial charge is 0.147 e. The number of rotatable bonds is 5. The van der Waals surface area contributed by atoms with Gasteiger partial charge in [-0.05, 0) is 17.7 Å². The quantitative estimate of drug-likeness (QED) is 0.833. The molecule has 0 atom stereocenters. The van der Waals surface area contributed by atoms with Crippen LogP contribution in [0.3, 0.4) is 0 Å². The highest BCUT2D eigenvalue weighted by Crippen LogP contribution is 2.23. The van der Waals surface area contributed by atoms with Crippen LogP contribution in [0.5, 0.6) is 5.75 Å². The van der Waals surface area contributed by atoms with Gasteiger partial charge >= 0.3 is 0 Å². The zero-order chi connectivity index (χ0) is 14.7. The van der Waals surface area contributed by atoms with Crippen molar-refractivity contribution in [1.82, 2.24) is 19.7 Å². The second-order valence-electron chi connectivity index (χ2n) is 5.23. The molecule has 112 valence electrons. The molecule has 0 saturated heterocycles. The molecule has 0 bridgehead atoms. The molecular weight excluding hydrogens is 268 g/mol. The van der Waals surface area contributed by atoms with Crippen LogP contribution in [-0.2, 0) is 31.0 Å². The maximum Gasteiger partial charge on any atom is 0.147 e. The van der Waals surface area contributed by atoms with E-state index in [-0.39, 0.29) is 0 Å². The van der Waals surface area contributed by atoms with Gasteiger partial charge in [-0.1, -0.05) is 6.07 Å². The van der Waals surface area contributed by atoms with Gasteiger partial charge in [0.2, 0.25) is 0 Å². The van der Waals surface area contributed by atoms with Crippen molar-refractivity contribution >= 4 is 0 Å². The average Bonchev–Trinajstić information content (AvgIpc) is 2.95. The minimum absolute atomic E-state index is 0.616. The molecule has 0 fully saturated rings. The third kappa shape index (κ3) is 3.06. The molecule has 0 unspecified atom stereocenters. The predicted octanol–water partition coefficient (Wildman–Crippen LogP) is 1.45. The average molecular weight is 288 g/mol. The van der Waals surface area contributed by atoms with Crippen molar-refractivity contribution in [1.29, 1.82) is 0 Å². The van der Waals surface area contributed by atoms with E-state index < -0.39 is 0 Å². The largest absolute Gasteiger partial charge is 0.496 e. The molecule has 1 aliphatic heterocycles. The highest BCUT2D eigenvalue weighted by molar-refractivity contribution is 5.37. The number of ether oxygens (including phenoxy) is 2. The van der Waals surface area contributed by atoms with Crippen molar-refractivity contribution in [2.75, 3.05) is 20.8 Å². The van der Waals surface area contributed by atoms with Gasteiger partial charge in [0, 0.05) is 32.3 Å². The van der Waals surface area contributed by atoms with E-state index in [1.54, 1.807) is 20.5 Å². The fraction of sp³-hybridized carbons (Fsp3) is 0.467. The van der Waals surface area contributed by atoms with Crippen LogP contribution in [0.15, 0.2) is 24.5 Å². The number of benzene rings is 1. The van der Waals surface area contributed by atoms with Gasteiger partial charge in [0.05, 0.1) is 20.3 Å². The van der Waals surface area contributed by atoms with Crippen molar-refractivity contribution in [3.63, 3.8) is 0 Å². The highest BCUT2D eigenvalue weighted by Gasteiger charge is 2.18. The van der Waals surface area contributed by atoms with Crippen LogP contribution in [0.25, 0.3) is 0 Å². The Balaban J connectivity index is 1.76. The summed E-state index contributed by atoms with van der Waals surface area (Å²) in [4.78, 5) is 2.36. The fourth-order valence-corrected chi connectivity index (χ4v) is 2.70. The lowest BCUT2D eigenvalue weighted by molar-refractivity contribution is 0.184. The lowest BCUT2D eigenvalue weighted by atomic mass is 10.1. The van der Waals surface area contributed by atoms with Gasteiger partial charge in [-0.15, -0.1) is 10.2 Å². The molecule has 2 aromatic rings. The van der Waals surface area contributed by atoms with Crippen LogP contribution in [-0.4, -0.2) is 40.4 Å². The zero-order valence-corrected chi connectivity index (χ0v) is 12.5. The van der Waals surface area contributed by atoms with Crippen molar-refractivity contribution in [3.05, 3.63) is 41.5 Å². The molecule has 2 heterocycles. The van der Waals surface area contributed by atoms with E-state index in [1.165, 1.54) is 5.56 Å². The molecule has 1 aromatic carbocycles. The van der Waals surface area contributed by atoms with Crippen LogP contribution in [0.2, 0.25) is 0 Å². The second kappa shape index (κ2) is 6.24. The first-order valence-corrected chi connectivity index (χ1v) is 7.04. The number of nitrogens with zero attached hydrogens (tertiary/aromatic N) is 4. The second-order valence-corrected chi connectivity index (χ2v) is 5.23. The molecular formula is C15H20N4O2. The molecule has 0 aliphatic carbocycles. The summed E-state index contributed by atoms with van der Waals surface area (Å²) in [6.07, 6.45) is 1.80. The van der Waals surface area contributed by atoms with Gasteiger partial charge in [0.25, 0.3) is 0 Å². The third-order valence-corrected chi connectivity index (χ3v) is 3.77. The van der Waals surface area contributed by atoms with E-state index in [2.05, 4.69) is 25.7 Å². The Morgan fingerprint density at radius 1 is 1.24 bits per heavy atom. The topological polar surface area (TPSA) is 52.4 Å². The number of hydrogen-bond donors (Lipinski definition) is 0. The Labute approximate surface area is 124 Å². The number of hydrogen-bond acceptors (Lipinski definition) is 5. The van der Waals surface area contributed by atoms with Gasteiger partial charge in [-0.25, -0.2) is 0 Å². The van der Waals surface area contributed by atoms with Gasteiger partial charge in [-0.3, -0.25) is 4.90 Å². The first kappa shape index (κ1) is 14.0. The Morgan fingerprint density at radius 2 is 2.14 bits per heavy atom. The summed E-state index contributed by atoms with van der Waals surface area (Å²) >= 11 is 0. The third-order valence-electron chi connectivity index (χ3n) is 3.77. The summed E-state index contributed by atoms with van der Waals surface area (Å²) in [6, 6.07) is 6.20. The predicted molar refractivity (Wildman–Crippen MR) is 77.8 cm³/mol. The minimum atomic E-state index is 0.616. The highest BCUT2D eigenvalue weighted by atomic mass is 16.5. The van der Waals surface area contributed by atoms with Crippen LogP contribution in [0.4, 0.5) is 0 Å². The first-order valence-electron chi connectivity index (χ1n) is 7.04. The van der Waals surface area contributed by atoms with E-state index in [0.717, 1.165) is 43.3 Å². The zero-order valence-electron chi connectivity index (χ0n) is 12.5. The Kier molecular flexibility index (Phi) is 4.17. The van der Waals surface area contributed by atoms with Crippen LogP contribution >= 0.6 is 0 Å². The van der Waals surface area contributed by atoms with Crippen LogP contribution in [0, 0.1) is 0 Å². The van der Waals surface area contributed by atoms with Crippen molar-refractivity contribution in [2.45, 2.75) is 26.2 Å². The Bertz CT molecular complexity index is 611. The number of fused-ring (bicyclic) bond motifs is 1. The summed E-state index contributed by atoms with van der Waals surface area (Å²) < 4.78 is 12.8. The van der Waals surface area contributed by atoms with E-state index in [1.807, 2.05) is 12.1 Å². The van der Waals surface area contributed by atoms with E-state index in [4.69, 9.17) is 9.47 Å². The molecule has 0 amide bonds. The van der Waals surface area contributed by atoms with E-state index in [0.29, 0.717) is 6.61 Å². The molecule has 0 radical (unpaired) electrons. The molecule has 0 saturated carbocycles. The molecule has 6 heteroatoms. The minimum Gasteiger partial charge on any atom is -0.496 e. The van der Waals surface area contributed by atoms with Gasteiger partial charge in [0.15, 0.2) is 0 Å². The molecule has 21 heavy (non-hydrogen) atoms. The number of aromatic nitrogens is 3. The Hall–Kier alpha value is -1.92. The molecule has 0 N–H and O–H groups in total. The van der Waals surface area contributed by atoms with Gasteiger partial charge < -0.3 is 14.0 Å². The lowest BCUT2D eigenvalue weighted by Crippen LogP contribution is -2.33. The van der Waals surface area contributed by atoms with Crippen molar-refractivity contribution < 1.29 is 9.47 Å². The summed E-state index contributed by atoms with van der Waals surface area (Å²) in [5.41, 5.74) is 2.34. The normalized spacial score (nSPS) is 15.0. The molecule has 3 rings (SSSR count). The van der Waals surface area contributed by atoms with Gasteiger partial charge in [-0.2, -0.15) is 0 Å². The summed E-state index contributed by atoms with van der Waals surface area (Å²) in [6.45, 7) is 4.20. The monoisotopic (exact) mass is 288 g/mol. The van der Waals surface area contributed by atoms with Crippen molar-refractivity contribution in [2.24, 2.45) is 0 Å². The van der Waals surface area contributed by atoms with Crippen LogP contribution in [0.1, 0.15) is 17.0 Å². The Morgan fingerprint density at radius 3 is 2.95 bits per heavy atom. The van der Waals surface area contributed by atoms with Gasteiger partial charge in [0.1, 0.15) is 17.9 Å². The summed E-state index contributed by atoms with van der Waals surface area (Å²) in [5, 5.41) is 8.12. The van der Waals surface area contributed by atoms with Crippen LogP contribution < -0.4 is 4.74 Å². The van der Waals surface area contributed by atoms with E-state index >= 15 is 0 Å². The SMILES string of the molecule is COCc1ccc(OC)c(CN2CCn3cnnc3C2)c1. The van der Waals surface area contributed by atoms with E-state index in [9.17, 15) is 0 Å². The fourth-order valence-electron chi connectivity index (χ4n) is 2.70. The number of methoxy groups -OCH3 is 2. The summed E-state index contributed by atoms with van der Waals surface area (Å²) in [7, 11) is 3.42. The molecule has 1 aromatic heterocycles. The van der Waals surface area contributed by atoms with Crippen molar-refractivity contribution in [3.8, 4) is 5.75 Å². The maximum atomic E-state index is 5.47. The molecule has 1 aliphatic rings.